The summed E-state index contributed by atoms with van der Waals surface area (Å²) in [6, 6.07) is 12.9. The number of hydrogen-bond acceptors (Lipinski definition) is 4. The normalized spacial score (nSPS) is 17.6. The second-order valence-electron chi connectivity index (χ2n) is 6.80. The van der Waals surface area contributed by atoms with Gasteiger partial charge in [-0.25, -0.2) is 0 Å². The van der Waals surface area contributed by atoms with Crippen LogP contribution in [-0.4, -0.2) is 45.2 Å². The van der Waals surface area contributed by atoms with Crippen LogP contribution in [0.3, 0.4) is 0 Å². The summed E-state index contributed by atoms with van der Waals surface area (Å²) in [4.78, 5) is 16.8. The van der Waals surface area contributed by atoms with E-state index in [4.69, 9.17) is 4.74 Å². The number of para-hydroxylation sites is 2. The van der Waals surface area contributed by atoms with E-state index >= 15 is 0 Å². The van der Waals surface area contributed by atoms with Crippen LogP contribution in [0.15, 0.2) is 41.8 Å². The second kappa shape index (κ2) is 8.56. The van der Waals surface area contributed by atoms with Crippen molar-refractivity contribution in [1.82, 2.24) is 5.32 Å². The maximum atomic E-state index is 11.6. The van der Waals surface area contributed by atoms with Gasteiger partial charge in [-0.05, 0) is 30.5 Å². The van der Waals surface area contributed by atoms with Gasteiger partial charge in [0.05, 0.1) is 49.9 Å². The fraction of sp³-hybridized carbons (Fsp3) is 0.450. The van der Waals surface area contributed by atoms with Crippen LogP contribution in [0.25, 0.3) is 0 Å². The van der Waals surface area contributed by atoms with E-state index in [0.29, 0.717) is 6.04 Å². The monoisotopic (exact) mass is 374 g/mol. The number of carbonyl (C=O) groups excluding carboxylic acids is 1. The van der Waals surface area contributed by atoms with E-state index in [1.807, 2.05) is 12.1 Å². The van der Waals surface area contributed by atoms with Gasteiger partial charge in [-0.3, -0.25) is 4.79 Å². The van der Waals surface area contributed by atoms with Crippen LogP contribution in [0.5, 0.6) is 5.75 Å². The van der Waals surface area contributed by atoms with Crippen LogP contribution >= 0.6 is 11.3 Å². The molecule has 0 unspecified atom stereocenters. The van der Waals surface area contributed by atoms with Gasteiger partial charge in [-0.2, -0.15) is 0 Å². The van der Waals surface area contributed by atoms with Gasteiger partial charge in [-0.15, -0.1) is 11.3 Å². The van der Waals surface area contributed by atoms with E-state index in [0.717, 1.165) is 37.6 Å². The summed E-state index contributed by atoms with van der Waals surface area (Å²) in [6.45, 7) is 7.73. The molecular formula is C20H28N3O2S+. The average Bonchev–Trinajstić information content (AvgIpc) is 3.16. The number of piperazine rings is 1. The largest absolute Gasteiger partial charge is 0.495 e. The highest BCUT2D eigenvalue weighted by molar-refractivity contribution is 7.10. The molecule has 6 heteroatoms. The summed E-state index contributed by atoms with van der Waals surface area (Å²) in [6.07, 6.45) is 0. The van der Waals surface area contributed by atoms with Crippen molar-refractivity contribution in [2.75, 3.05) is 38.2 Å². The van der Waals surface area contributed by atoms with Gasteiger partial charge >= 0.3 is 0 Å². The first kappa shape index (κ1) is 18.7. The molecule has 2 N–H and O–H groups in total. The Kier molecular flexibility index (Phi) is 6.16. The van der Waals surface area contributed by atoms with E-state index in [-0.39, 0.29) is 11.9 Å². The maximum Gasteiger partial charge on any atom is 0.217 e. The number of nitrogens with zero attached hydrogens (tertiary/aromatic N) is 1. The first-order valence-electron chi connectivity index (χ1n) is 9.13. The van der Waals surface area contributed by atoms with E-state index in [1.54, 1.807) is 25.4 Å². The number of methoxy groups -OCH3 is 1. The molecule has 0 aliphatic carbocycles. The average molecular weight is 375 g/mol. The molecule has 1 fully saturated rings. The number of anilines is 1. The molecule has 1 saturated heterocycles. The van der Waals surface area contributed by atoms with Crippen molar-refractivity contribution in [3.05, 3.63) is 46.7 Å². The summed E-state index contributed by atoms with van der Waals surface area (Å²) >= 11 is 1.78. The van der Waals surface area contributed by atoms with Crippen molar-refractivity contribution >= 4 is 22.9 Å². The van der Waals surface area contributed by atoms with Crippen molar-refractivity contribution in [2.45, 2.75) is 25.9 Å². The van der Waals surface area contributed by atoms with Gasteiger partial charge in [0.1, 0.15) is 11.8 Å². The smallest absolute Gasteiger partial charge is 0.217 e. The number of benzene rings is 1. The Hall–Kier alpha value is -2.05. The fourth-order valence-corrected chi connectivity index (χ4v) is 4.90. The number of carbonyl (C=O) groups is 1. The third-order valence-electron chi connectivity index (χ3n) is 5.05. The molecule has 1 aromatic carbocycles. The Bertz CT molecular complexity index is 712. The standard InChI is InChI=1S/C20H27N3O2S/c1-15(21-16(2)24)20(19-9-6-14-26-19)23-12-10-22(11-13-23)17-7-4-5-8-18(17)25-3/h4-9,14-15,20H,10-13H2,1-3H3,(H,21,24)/p+1/t15-,20-/m0/s1. The Labute approximate surface area is 159 Å². The fourth-order valence-electron chi connectivity index (χ4n) is 3.91. The molecular weight excluding hydrogens is 346 g/mol. The molecule has 0 saturated carbocycles. The zero-order chi connectivity index (χ0) is 18.5. The lowest BCUT2D eigenvalue weighted by Gasteiger charge is -2.39. The van der Waals surface area contributed by atoms with E-state index in [2.05, 4.69) is 46.8 Å². The SMILES string of the molecule is COc1ccccc1N1CC[NH+]([C@H](c2cccs2)[C@H](C)NC(C)=O)CC1. The Morgan fingerprint density at radius 3 is 2.58 bits per heavy atom. The first-order valence-corrected chi connectivity index (χ1v) is 10.0. The highest BCUT2D eigenvalue weighted by Gasteiger charge is 2.34. The zero-order valence-electron chi connectivity index (χ0n) is 15.7. The Morgan fingerprint density at radius 2 is 1.96 bits per heavy atom. The number of nitrogens with one attached hydrogen (secondary N) is 2. The molecule has 2 atom stereocenters. The number of rotatable bonds is 6. The highest BCUT2D eigenvalue weighted by atomic mass is 32.1. The topological polar surface area (TPSA) is 46.0 Å². The van der Waals surface area contributed by atoms with Crippen LogP contribution in [0.4, 0.5) is 5.69 Å². The molecule has 1 aliphatic heterocycles. The Morgan fingerprint density at radius 1 is 1.23 bits per heavy atom. The molecule has 0 radical (unpaired) electrons. The van der Waals surface area contributed by atoms with Gasteiger partial charge in [0.2, 0.25) is 5.91 Å². The number of ether oxygens (including phenoxy) is 1. The molecule has 1 amide bonds. The predicted molar refractivity (Wildman–Crippen MR) is 106 cm³/mol. The third-order valence-corrected chi connectivity index (χ3v) is 6.01. The number of thiophene rings is 1. The Balaban J connectivity index is 1.72. The molecule has 1 aliphatic rings. The molecule has 2 heterocycles. The molecule has 0 spiro atoms. The van der Waals surface area contributed by atoms with Crippen molar-refractivity contribution in [1.29, 1.82) is 0 Å². The first-order chi connectivity index (χ1) is 12.6. The molecule has 26 heavy (non-hydrogen) atoms. The minimum absolute atomic E-state index is 0.0334. The summed E-state index contributed by atoms with van der Waals surface area (Å²) in [5.74, 6) is 0.962. The summed E-state index contributed by atoms with van der Waals surface area (Å²) in [5.41, 5.74) is 1.16. The van der Waals surface area contributed by atoms with E-state index in [1.165, 1.54) is 9.78 Å². The maximum absolute atomic E-state index is 11.6. The summed E-state index contributed by atoms with van der Waals surface area (Å²) < 4.78 is 5.52. The molecule has 2 aromatic rings. The summed E-state index contributed by atoms with van der Waals surface area (Å²) in [5, 5.41) is 5.22. The van der Waals surface area contributed by atoms with Crippen molar-refractivity contribution in [3.8, 4) is 5.75 Å². The predicted octanol–water partition coefficient (Wildman–Crippen LogP) is 1.73. The molecule has 1 aromatic heterocycles. The lowest BCUT2D eigenvalue weighted by Crippen LogP contribution is -3.16. The quantitative estimate of drug-likeness (QED) is 0.810. The van der Waals surface area contributed by atoms with Gasteiger partial charge in [0.25, 0.3) is 0 Å². The van der Waals surface area contributed by atoms with Crippen molar-refractivity contribution < 1.29 is 14.4 Å². The van der Waals surface area contributed by atoms with E-state index < -0.39 is 0 Å². The number of hydrogen-bond donors (Lipinski definition) is 2. The highest BCUT2D eigenvalue weighted by Crippen LogP contribution is 2.28. The van der Waals surface area contributed by atoms with Crippen LogP contribution in [0, 0.1) is 0 Å². The van der Waals surface area contributed by atoms with Gasteiger partial charge in [0, 0.05) is 6.92 Å². The lowest BCUT2D eigenvalue weighted by molar-refractivity contribution is -0.933. The lowest BCUT2D eigenvalue weighted by atomic mass is 10.0. The third kappa shape index (κ3) is 4.19. The van der Waals surface area contributed by atoms with Gasteiger partial charge < -0.3 is 19.9 Å². The van der Waals surface area contributed by atoms with Crippen molar-refractivity contribution in [2.24, 2.45) is 0 Å². The zero-order valence-corrected chi connectivity index (χ0v) is 16.5. The van der Waals surface area contributed by atoms with Crippen LogP contribution in [0.2, 0.25) is 0 Å². The minimum atomic E-state index is 0.0334. The van der Waals surface area contributed by atoms with Gasteiger partial charge in [-0.1, -0.05) is 18.2 Å². The number of amides is 1. The number of quaternary nitrogens is 1. The molecule has 0 bridgehead atoms. The van der Waals surface area contributed by atoms with Gasteiger partial charge in [0.15, 0.2) is 0 Å². The second-order valence-corrected chi connectivity index (χ2v) is 7.78. The minimum Gasteiger partial charge on any atom is -0.495 e. The van der Waals surface area contributed by atoms with Crippen LogP contribution in [-0.2, 0) is 4.79 Å². The van der Waals surface area contributed by atoms with Crippen molar-refractivity contribution in [3.63, 3.8) is 0 Å². The molecule has 3 rings (SSSR count). The molecule has 5 nitrogen and oxygen atoms in total. The van der Waals surface area contributed by atoms with Crippen LogP contribution < -0.4 is 19.9 Å². The summed E-state index contributed by atoms with van der Waals surface area (Å²) in [7, 11) is 1.72. The van der Waals surface area contributed by atoms with Crippen LogP contribution in [0.1, 0.15) is 24.8 Å². The van der Waals surface area contributed by atoms with E-state index in [9.17, 15) is 4.79 Å². The molecule has 140 valence electrons.